The molecule has 0 aliphatic heterocycles. The minimum atomic E-state index is 0.735. The molecular formula is C14H15ClN2. The molecule has 0 saturated heterocycles. The first kappa shape index (κ1) is 11.9. The van der Waals surface area contributed by atoms with Crippen LogP contribution in [-0.4, -0.2) is 4.98 Å². The maximum Gasteiger partial charge on any atom is 0.0640 e. The fourth-order valence-corrected chi connectivity index (χ4v) is 2.05. The van der Waals surface area contributed by atoms with Gasteiger partial charge in [0.2, 0.25) is 0 Å². The van der Waals surface area contributed by atoms with E-state index in [0.717, 1.165) is 28.4 Å². The Hall–Kier alpha value is -1.54. The number of nitrogens with one attached hydrogen (secondary N) is 1. The Bertz CT molecular complexity index is 503. The molecule has 17 heavy (non-hydrogen) atoms. The van der Waals surface area contributed by atoms with Crippen molar-refractivity contribution in [1.82, 2.24) is 4.98 Å². The van der Waals surface area contributed by atoms with Crippen LogP contribution in [0.15, 0.2) is 36.7 Å². The summed E-state index contributed by atoms with van der Waals surface area (Å²) < 4.78 is 0. The highest BCUT2D eigenvalue weighted by Gasteiger charge is 2.03. The van der Waals surface area contributed by atoms with Crippen molar-refractivity contribution in [3.8, 4) is 0 Å². The van der Waals surface area contributed by atoms with E-state index in [2.05, 4.69) is 16.4 Å². The van der Waals surface area contributed by atoms with Crippen molar-refractivity contribution >= 4 is 17.3 Å². The molecule has 0 fully saturated rings. The zero-order valence-corrected chi connectivity index (χ0v) is 10.8. The van der Waals surface area contributed by atoms with E-state index < -0.39 is 0 Å². The summed E-state index contributed by atoms with van der Waals surface area (Å²) in [5.74, 6) is 0. The maximum absolute atomic E-state index is 6.15. The molecule has 0 atom stereocenters. The highest BCUT2D eigenvalue weighted by Crippen LogP contribution is 2.25. The summed E-state index contributed by atoms with van der Waals surface area (Å²) in [4.78, 5) is 4.17. The van der Waals surface area contributed by atoms with Crippen LogP contribution in [0.2, 0.25) is 5.02 Å². The Morgan fingerprint density at radius 1 is 1.24 bits per heavy atom. The summed E-state index contributed by atoms with van der Waals surface area (Å²) in [6, 6.07) is 8.01. The Morgan fingerprint density at radius 2 is 2.06 bits per heavy atom. The third-order valence-corrected chi connectivity index (χ3v) is 2.94. The fraction of sp³-hybridized carbons (Fsp3) is 0.214. The molecule has 1 heterocycles. The first-order chi connectivity index (χ1) is 8.16. The van der Waals surface area contributed by atoms with E-state index >= 15 is 0 Å². The number of aryl methyl sites for hydroxylation is 2. The van der Waals surface area contributed by atoms with Gasteiger partial charge in [-0.3, -0.25) is 4.98 Å². The Balaban J connectivity index is 2.13. The van der Waals surface area contributed by atoms with E-state index in [-0.39, 0.29) is 0 Å². The highest BCUT2D eigenvalue weighted by atomic mass is 35.5. The molecule has 0 unspecified atom stereocenters. The second-order valence-corrected chi connectivity index (χ2v) is 4.56. The SMILES string of the molecule is Cc1cncc(CNc2c(C)cccc2Cl)c1. The van der Waals surface area contributed by atoms with E-state index in [1.165, 1.54) is 5.56 Å². The third-order valence-electron chi connectivity index (χ3n) is 2.62. The van der Waals surface area contributed by atoms with Crippen LogP contribution in [0.5, 0.6) is 0 Å². The van der Waals surface area contributed by atoms with Gasteiger partial charge in [0.1, 0.15) is 0 Å². The average molecular weight is 247 g/mol. The van der Waals surface area contributed by atoms with Gasteiger partial charge in [-0.05, 0) is 36.6 Å². The fourth-order valence-electron chi connectivity index (χ4n) is 1.76. The van der Waals surface area contributed by atoms with Gasteiger partial charge < -0.3 is 5.32 Å². The van der Waals surface area contributed by atoms with Crippen LogP contribution >= 0.6 is 11.6 Å². The molecule has 0 bridgehead atoms. The van der Waals surface area contributed by atoms with E-state index in [4.69, 9.17) is 11.6 Å². The van der Waals surface area contributed by atoms with Crippen LogP contribution in [-0.2, 0) is 6.54 Å². The number of aromatic nitrogens is 1. The van der Waals surface area contributed by atoms with Gasteiger partial charge in [0.05, 0.1) is 10.7 Å². The van der Waals surface area contributed by atoms with Crippen LogP contribution < -0.4 is 5.32 Å². The molecule has 1 aromatic heterocycles. The van der Waals surface area contributed by atoms with E-state index in [0.29, 0.717) is 0 Å². The lowest BCUT2D eigenvalue weighted by atomic mass is 10.2. The van der Waals surface area contributed by atoms with Crippen molar-refractivity contribution < 1.29 is 0 Å². The van der Waals surface area contributed by atoms with Gasteiger partial charge in [0.25, 0.3) is 0 Å². The van der Waals surface area contributed by atoms with Crippen LogP contribution in [0.4, 0.5) is 5.69 Å². The molecule has 1 N–H and O–H groups in total. The monoisotopic (exact) mass is 246 g/mol. The molecule has 2 aromatic rings. The molecule has 2 nitrogen and oxygen atoms in total. The van der Waals surface area contributed by atoms with Crippen LogP contribution in [0.25, 0.3) is 0 Å². The molecule has 0 amide bonds. The standard InChI is InChI=1S/C14H15ClN2/c1-10-6-12(8-16-7-10)9-17-14-11(2)4-3-5-13(14)15/h3-8,17H,9H2,1-2H3. The molecule has 0 aliphatic rings. The zero-order chi connectivity index (χ0) is 12.3. The van der Waals surface area contributed by atoms with Crippen LogP contribution in [0.3, 0.4) is 0 Å². The van der Waals surface area contributed by atoms with Crippen LogP contribution in [0, 0.1) is 13.8 Å². The summed E-state index contributed by atoms with van der Waals surface area (Å²) in [6.07, 6.45) is 3.72. The number of anilines is 1. The lowest BCUT2D eigenvalue weighted by Crippen LogP contribution is -2.02. The summed E-state index contributed by atoms with van der Waals surface area (Å²) in [5, 5.41) is 4.11. The lowest BCUT2D eigenvalue weighted by molar-refractivity contribution is 1.09. The summed E-state index contributed by atoms with van der Waals surface area (Å²) >= 11 is 6.15. The molecule has 0 aliphatic carbocycles. The predicted octanol–water partition coefficient (Wildman–Crippen LogP) is 3.96. The Kier molecular flexibility index (Phi) is 3.64. The number of rotatable bonds is 3. The molecule has 0 saturated carbocycles. The number of para-hydroxylation sites is 1. The van der Waals surface area contributed by atoms with Gasteiger partial charge in [-0.15, -0.1) is 0 Å². The Morgan fingerprint density at radius 3 is 2.76 bits per heavy atom. The normalized spacial score (nSPS) is 10.3. The minimum Gasteiger partial charge on any atom is -0.379 e. The summed E-state index contributed by atoms with van der Waals surface area (Å²) in [7, 11) is 0. The van der Waals surface area contributed by atoms with Crippen molar-refractivity contribution in [2.75, 3.05) is 5.32 Å². The van der Waals surface area contributed by atoms with E-state index in [1.54, 1.807) is 0 Å². The topological polar surface area (TPSA) is 24.9 Å². The first-order valence-electron chi connectivity index (χ1n) is 5.56. The van der Waals surface area contributed by atoms with Gasteiger partial charge in [-0.2, -0.15) is 0 Å². The van der Waals surface area contributed by atoms with E-state index in [9.17, 15) is 0 Å². The first-order valence-corrected chi connectivity index (χ1v) is 5.94. The summed E-state index contributed by atoms with van der Waals surface area (Å²) in [5.41, 5.74) is 4.47. The number of halogens is 1. The van der Waals surface area contributed by atoms with Crippen molar-refractivity contribution in [3.05, 3.63) is 58.4 Å². The predicted molar refractivity (Wildman–Crippen MR) is 72.5 cm³/mol. The molecule has 3 heteroatoms. The number of hydrogen-bond acceptors (Lipinski definition) is 2. The van der Waals surface area contributed by atoms with Gasteiger partial charge in [0, 0.05) is 18.9 Å². The quantitative estimate of drug-likeness (QED) is 0.887. The van der Waals surface area contributed by atoms with E-state index in [1.807, 2.05) is 44.4 Å². The third kappa shape index (κ3) is 2.98. The van der Waals surface area contributed by atoms with Crippen molar-refractivity contribution in [2.24, 2.45) is 0 Å². The maximum atomic E-state index is 6.15. The van der Waals surface area contributed by atoms with Gasteiger partial charge in [0.15, 0.2) is 0 Å². The van der Waals surface area contributed by atoms with Gasteiger partial charge >= 0.3 is 0 Å². The molecule has 0 spiro atoms. The molecular weight excluding hydrogens is 232 g/mol. The summed E-state index contributed by atoms with van der Waals surface area (Å²) in [6.45, 7) is 4.82. The highest BCUT2D eigenvalue weighted by molar-refractivity contribution is 6.33. The van der Waals surface area contributed by atoms with Crippen molar-refractivity contribution in [2.45, 2.75) is 20.4 Å². The number of pyridine rings is 1. The second kappa shape index (κ2) is 5.19. The number of hydrogen-bond donors (Lipinski definition) is 1. The molecule has 1 aromatic carbocycles. The number of benzene rings is 1. The smallest absolute Gasteiger partial charge is 0.0640 e. The second-order valence-electron chi connectivity index (χ2n) is 4.16. The number of nitrogens with zero attached hydrogens (tertiary/aromatic N) is 1. The zero-order valence-electron chi connectivity index (χ0n) is 10.00. The van der Waals surface area contributed by atoms with Gasteiger partial charge in [-0.1, -0.05) is 29.8 Å². The molecule has 2 rings (SSSR count). The molecule has 88 valence electrons. The Labute approximate surface area is 107 Å². The lowest BCUT2D eigenvalue weighted by Gasteiger charge is -2.11. The minimum absolute atomic E-state index is 0.735. The average Bonchev–Trinajstić information content (AvgIpc) is 2.28. The van der Waals surface area contributed by atoms with Crippen molar-refractivity contribution in [1.29, 1.82) is 0 Å². The van der Waals surface area contributed by atoms with Crippen molar-refractivity contribution in [3.63, 3.8) is 0 Å². The molecule has 0 radical (unpaired) electrons. The largest absolute Gasteiger partial charge is 0.379 e. The van der Waals surface area contributed by atoms with Crippen LogP contribution in [0.1, 0.15) is 16.7 Å². The van der Waals surface area contributed by atoms with Gasteiger partial charge in [-0.25, -0.2) is 0 Å².